The normalized spacial score (nSPS) is 39.3. The first kappa shape index (κ1) is 20.8. The van der Waals surface area contributed by atoms with Gasteiger partial charge in [-0.15, -0.1) is 0 Å². The van der Waals surface area contributed by atoms with Gasteiger partial charge in [-0.1, -0.05) is 38.1 Å². The molecular weight excluding hydrogens is 384 g/mol. The Labute approximate surface area is 186 Å². The number of aryl methyl sites for hydroxylation is 1. The van der Waals surface area contributed by atoms with Gasteiger partial charge in [-0.25, -0.2) is 0 Å². The summed E-state index contributed by atoms with van der Waals surface area (Å²) in [5.41, 5.74) is 3.51. The second-order valence-corrected chi connectivity index (χ2v) is 11.1. The first-order chi connectivity index (χ1) is 14.8. The number of piperidine rings is 1. The first-order valence-electron chi connectivity index (χ1n) is 12.1. The lowest BCUT2D eigenvalue weighted by atomic mass is 9.49. The maximum atomic E-state index is 13.4. The zero-order chi connectivity index (χ0) is 22.0. The lowest BCUT2D eigenvalue weighted by Crippen LogP contribution is -2.54. The van der Waals surface area contributed by atoms with Crippen LogP contribution in [0.15, 0.2) is 36.0 Å². The maximum absolute atomic E-state index is 13.4. The predicted octanol–water partition coefficient (Wildman–Crippen LogP) is 5.54. The van der Waals surface area contributed by atoms with E-state index in [0.29, 0.717) is 24.2 Å². The van der Waals surface area contributed by atoms with Crippen LogP contribution >= 0.6 is 0 Å². The summed E-state index contributed by atoms with van der Waals surface area (Å²) in [6.45, 7) is 6.85. The zero-order valence-electron chi connectivity index (χ0n) is 19.4. The van der Waals surface area contributed by atoms with E-state index in [2.05, 4.69) is 38.2 Å². The highest BCUT2D eigenvalue weighted by molar-refractivity contribution is 5.94. The van der Waals surface area contributed by atoms with E-state index in [4.69, 9.17) is 0 Å². The molecule has 1 saturated heterocycles. The largest absolute Gasteiger partial charge is 0.326 e. The van der Waals surface area contributed by atoms with Gasteiger partial charge in [-0.2, -0.15) is 0 Å². The summed E-state index contributed by atoms with van der Waals surface area (Å²) >= 11 is 0. The molecular formula is C27H36N2O2. The summed E-state index contributed by atoms with van der Waals surface area (Å²) in [5, 5.41) is 3.25. The van der Waals surface area contributed by atoms with Crippen LogP contribution < -0.4 is 5.32 Å². The van der Waals surface area contributed by atoms with E-state index in [1.807, 2.05) is 30.1 Å². The van der Waals surface area contributed by atoms with Gasteiger partial charge in [0.15, 0.2) is 0 Å². The Hall–Kier alpha value is -2.10. The molecule has 1 aliphatic heterocycles. The number of nitrogens with zero attached hydrogens (tertiary/aromatic N) is 1. The van der Waals surface area contributed by atoms with Gasteiger partial charge in [-0.05, 0) is 80.2 Å². The SMILES string of the molecule is Cc1ccccc1NC(=O)C1CC[C@H]2[C@@H]3CC=C4N(C)C(=O)CC[C@]4(C)[C@@H]3CC[C@]12C. The number of rotatable bonds is 2. The Morgan fingerprint density at radius 2 is 1.87 bits per heavy atom. The van der Waals surface area contributed by atoms with Crippen LogP contribution in [0.2, 0.25) is 0 Å². The molecule has 31 heavy (non-hydrogen) atoms. The number of likely N-dealkylation sites (tertiary alicyclic amines) is 1. The van der Waals surface area contributed by atoms with Crippen LogP contribution in [0.25, 0.3) is 0 Å². The molecule has 3 fully saturated rings. The van der Waals surface area contributed by atoms with E-state index >= 15 is 0 Å². The van der Waals surface area contributed by atoms with E-state index < -0.39 is 0 Å². The van der Waals surface area contributed by atoms with Crippen molar-refractivity contribution in [1.29, 1.82) is 0 Å². The van der Waals surface area contributed by atoms with Crippen molar-refractivity contribution in [3.05, 3.63) is 41.6 Å². The average molecular weight is 421 g/mol. The van der Waals surface area contributed by atoms with Crippen LogP contribution in [0.5, 0.6) is 0 Å². The number of para-hydroxylation sites is 1. The topological polar surface area (TPSA) is 49.4 Å². The summed E-state index contributed by atoms with van der Waals surface area (Å²) in [6.07, 6.45) is 9.49. The smallest absolute Gasteiger partial charge is 0.228 e. The van der Waals surface area contributed by atoms with Crippen LogP contribution in [0, 0.1) is 41.4 Å². The van der Waals surface area contributed by atoms with Crippen molar-refractivity contribution in [3.8, 4) is 0 Å². The molecule has 2 amide bonds. The monoisotopic (exact) mass is 420 g/mol. The highest BCUT2D eigenvalue weighted by atomic mass is 16.2. The third-order valence-corrected chi connectivity index (χ3v) is 9.74. The first-order valence-corrected chi connectivity index (χ1v) is 12.1. The minimum Gasteiger partial charge on any atom is -0.326 e. The van der Waals surface area contributed by atoms with Gasteiger partial charge < -0.3 is 10.2 Å². The Morgan fingerprint density at radius 1 is 1.10 bits per heavy atom. The number of carbonyl (C=O) groups is 2. The standard InChI is InChI=1S/C27H36N2O2/c1-17-7-5-6-8-22(17)28-25(31)21-11-10-19-18-9-12-23-27(3,16-14-24(30)29(23)4)20(18)13-15-26(19,21)2/h5-8,12,18-21H,9-11,13-16H2,1-4H3,(H,28,31)/t18-,19-,20+,21?,26-,27+/m0/s1. The Kier molecular flexibility index (Phi) is 4.84. The summed E-state index contributed by atoms with van der Waals surface area (Å²) in [6, 6.07) is 8.07. The number of allylic oxidation sites excluding steroid dienone is 2. The highest BCUT2D eigenvalue weighted by Crippen LogP contribution is 2.66. The fourth-order valence-electron chi connectivity index (χ4n) is 7.94. The minimum absolute atomic E-state index is 0.0754. The number of carbonyl (C=O) groups excluding carboxylic acids is 2. The molecule has 1 aromatic rings. The van der Waals surface area contributed by atoms with Gasteiger partial charge in [0, 0.05) is 36.2 Å². The van der Waals surface area contributed by atoms with Gasteiger partial charge in [0.2, 0.25) is 11.8 Å². The van der Waals surface area contributed by atoms with E-state index in [9.17, 15) is 9.59 Å². The molecule has 0 spiro atoms. The molecule has 1 unspecified atom stereocenters. The summed E-state index contributed by atoms with van der Waals surface area (Å²) in [5.74, 6) is 2.41. The van der Waals surface area contributed by atoms with Gasteiger partial charge >= 0.3 is 0 Å². The molecule has 3 aliphatic carbocycles. The summed E-state index contributed by atoms with van der Waals surface area (Å²) in [4.78, 5) is 27.6. The van der Waals surface area contributed by atoms with Crippen molar-refractivity contribution in [2.24, 2.45) is 34.5 Å². The molecule has 2 saturated carbocycles. The molecule has 1 heterocycles. The minimum atomic E-state index is 0.0754. The molecule has 0 radical (unpaired) electrons. The highest BCUT2D eigenvalue weighted by Gasteiger charge is 2.60. The molecule has 166 valence electrons. The van der Waals surface area contributed by atoms with E-state index in [1.165, 1.54) is 12.1 Å². The van der Waals surface area contributed by atoms with Crippen LogP contribution in [0.4, 0.5) is 5.69 Å². The van der Waals surface area contributed by atoms with E-state index in [0.717, 1.165) is 43.4 Å². The second kappa shape index (κ2) is 7.21. The third kappa shape index (κ3) is 3.01. The zero-order valence-corrected chi connectivity index (χ0v) is 19.4. The number of hydrogen-bond donors (Lipinski definition) is 1. The Balaban J connectivity index is 1.39. The van der Waals surface area contributed by atoms with Crippen molar-refractivity contribution in [2.45, 2.75) is 65.7 Å². The average Bonchev–Trinajstić information content (AvgIpc) is 3.10. The van der Waals surface area contributed by atoms with Crippen molar-refractivity contribution >= 4 is 17.5 Å². The Morgan fingerprint density at radius 3 is 2.65 bits per heavy atom. The number of fused-ring (bicyclic) bond motifs is 5. The molecule has 4 aliphatic rings. The van der Waals surface area contributed by atoms with Crippen LogP contribution in [0.1, 0.15) is 64.4 Å². The summed E-state index contributed by atoms with van der Waals surface area (Å²) in [7, 11) is 1.96. The molecule has 1 N–H and O–H groups in total. The van der Waals surface area contributed by atoms with Crippen molar-refractivity contribution < 1.29 is 9.59 Å². The van der Waals surface area contributed by atoms with E-state index in [-0.39, 0.29) is 28.6 Å². The lowest BCUT2D eigenvalue weighted by Gasteiger charge is -2.58. The number of nitrogens with one attached hydrogen (secondary N) is 1. The predicted molar refractivity (Wildman–Crippen MR) is 123 cm³/mol. The van der Waals surface area contributed by atoms with Crippen LogP contribution in [-0.2, 0) is 9.59 Å². The Bertz CT molecular complexity index is 952. The number of anilines is 1. The molecule has 1 aromatic carbocycles. The second-order valence-electron chi connectivity index (χ2n) is 11.1. The van der Waals surface area contributed by atoms with Gasteiger partial charge in [0.05, 0.1) is 0 Å². The molecule has 0 aromatic heterocycles. The molecule has 0 bridgehead atoms. The van der Waals surface area contributed by atoms with Crippen molar-refractivity contribution in [2.75, 3.05) is 12.4 Å². The lowest BCUT2D eigenvalue weighted by molar-refractivity contribution is -0.137. The maximum Gasteiger partial charge on any atom is 0.228 e. The van der Waals surface area contributed by atoms with E-state index in [1.54, 1.807) is 0 Å². The van der Waals surface area contributed by atoms with Gasteiger partial charge in [-0.3, -0.25) is 9.59 Å². The fourth-order valence-corrected chi connectivity index (χ4v) is 7.94. The third-order valence-electron chi connectivity index (χ3n) is 9.74. The number of benzene rings is 1. The quantitative estimate of drug-likeness (QED) is 0.683. The van der Waals surface area contributed by atoms with Crippen molar-refractivity contribution in [3.63, 3.8) is 0 Å². The van der Waals surface area contributed by atoms with Crippen molar-refractivity contribution in [1.82, 2.24) is 4.90 Å². The molecule has 4 nitrogen and oxygen atoms in total. The summed E-state index contributed by atoms with van der Waals surface area (Å²) < 4.78 is 0. The number of hydrogen-bond acceptors (Lipinski definition) is 2. The molecule has 4 heteroatoms. The molecule has 6 atom stereocenters. The van der Waals surface area contributed by atoms with Gasteiger partial charge in [0.1, 0.15) is 0 Å². The van der Waals surface area contributed by atoms with Gasteiger partial charge in [0.25, 0.3) is 0 Å². The van der Waals surface area contributed by atoms with Crippen LogP contribution in [0.3, 0.4) is 0 Å². The van der Waals surface area contributed by atoms with Crippen LogP contribution in [-0.4, -0.2) is 23.8 Å². The number of amides is 2. The molecule has 5 rings (SSSR count). The fraction of sp³-hybridized carbons (Fsp3) is 0.630.